The van der Waals surface area contributed by atoms with Crippen molar-refractivity contribution in [3.05, 3.63) is 35.1 Å². The number of aryl methyl sites for hydroxylation is 1. The molecule has 0 aliphatic carbocycles. The second-order valence-corrected chi connectivity index (χ2v) is 7.70. The van der Waals surface area contributed by atoms with Crippen molar-refractivity contribution in [2.24, 2.45) is 5.92 Å². The van der Waals surface area contributed by atoms with Gasteiger partial charge in [-0.1, -0.05) is 17.4 Å². The predicted molar refractivity (Wildman–Crippen MR) is 94.3 cm³/mol. The van der Waals surface area contributed by atoms with E-state index in [1.54, 1.807) is 17.5 Å². The number of fused-ring (bicyclic) bond motifs is 1. The maximum absolute atomic E-state index is 12.4. The quantitative estimate of drug-likeness (QED) is 0.892. The molecule has 1 N–H and O–H groups in total. The normalized spacial score (nSPS) is 25.6. The first kappa shape index (κ1) is 16.4. The number of amides is 1. The average molecular weight is 359 g/mol. The van der Waals surface area contributed by atoms with Crippen LogP contribution in [0, 0.1) is 12.8 Å². The number of carbonyl (C=O) groups excluding carboxylic acids is 1. The Bertz CT molecular complexity index is 738. The molecule has 7 nitrogen and oxygen atoms in total. The van der Waals surface area contributed by atoms with E-state index < -0.39 is 0 Å². The van der Waals surface area contributed by atoms with E-state index in [-0.39, 0.29) is 18.1 Å². The van der Waals surface area contributed by atoms with Gasteiger partial charge in [-0.15, -0.1) is 10.2 Å². The molecule has 4 heterocycles. The molecule has 0 aromatic carbocycles. The summed E-state index contributed by atoms with van der Waals surface area (Å²) in [6, 6.07) is 5.68. The lowest BCUT2D eigenvalue weighted by Gasteiger charge is -2.33. The van der Waals surface area contributed by atoms with Crippen molar-refractivity contribution in [2.75, 3.05) is 18.0 Å². The number of hydrogen-bond donors (Lipinski definition) is 1. The Labute approximate surface area is 150 Å². The van der Waals surface area contributed by atoms with Crippen molar-refractivity contribution in [3.63, 3.8) is 0 Å². The largest absolute Gasteiger partial charge is 0.363 e. The van der Waals surface area contributed by atoms with Gasteiger partial charge in [-0.2, -0.15) is 0 Å². The minimum atomic E-state index is -0.366. The number of ether oxygens (including phenoxy) is 1. The highest BCUT2D eigenvalue weighted by atomic mass is 32.1. The molecule has 0 bridgehead atoms. The van der Waals surface area contributed by atoms with Gasteiger partial charge < -0.3 is 15.0 Å². The molecule has 2 aromatic rings. The van der Waals surface area contributed by atoms with Crippen LogP contribution >= 0.6 is 11.3 Å². The Morgan fingerprint density at radius 2 is 2.36 bits per heavy atom. The second kappa shape index (κ2) is 7.05. The van der Waals surface area contributed by atoms with Crippen LogP contribution in [0.25, 0.3) is 0 Å². The van der Waals surface area contributed by atoms with Crippen molar-refractivity contribution in [2.45, 2.75) is 38.5 Å². The number of rotatable bonds is 4. The summed E-state index contributed by atoms with van der Waals surface area (Å²) in [6.07, 6.45) is 3.26. The van der Waals surface area contributed by atoms with Gasteiger partial charge in [0.1, 0.15) is 11.1 Å². The molecule has 4 rings (SSSR count). The summed E-state index contributed by atoms with van der Waals surface area (Å²) in [4.78, 5) is 18.9. The summed E-state index contributed by atoms with van der Waals surface area (Å²) >= 11 is 1.60. The monoisotopic (exact) mass is 359 g/mol. The second-order valence-electron chi connectivity index (χ2n) is 6.54. The van der Waals surface area contributed by atoms with E-state index in [0.717, 1.165) is 41.8 Å². The fourth-order valence-corrected chi connectivity index (χ4v) is 4.20. The Balaban J connectivity index is 1.32. The van der Waals surface area contributed by atoms with Crippen molar-refractivity contribution < 1.29 is 9.53 Å². The van der Waals surface area contributed by atoms with Crippen LogP contribution in [0.15, 0.2) is 24.4 Å². The maximum Gasteiger partial charge on any atom is 0.249 e. The number of nitrogens with zero attached hydrogens (tertiary/aromatic N) is 4. The van der Waals surface area contributed by atoms with E-state index in [0.29, 0.717) is 12.5 Å². The number of carbonyl (C=O) groups is 1. The highest BCUT2D eigenvalue weighted by Gasteiger charge is 2.42. The van der Waals surface area contributed by atoms with E-state index in [9.17, 15) is 4.79 Å². The fourth-order valence-electron chi connectivity index (χ4n) is 3.48. The molecule has 3 atom stereocenters. The third kappa shape index (κ3) is 3.64. The molecule has 132 valence electrons. The summed E-state index contributed by atoms with van der Waals surface area (Å²) in [7, 11) is 0. The minimum absolute atomic E-state index is 0.0432. The number of piperidine rings is 1. The van der Waals surface area contributed by atoms with Crippen LogP contribution in [0.3, 0.4) is 0 Å². The van der Waals surface area contributed by atoms with E-state index in [2.05, 4.69) is 25.4 Å². The molecule has 2 aliphatic rings. The zero-order valence-electron chi connectivity index (χ0n) is 14.1. The van der Waals surface area contributed by atoms with Gasteiger partial charge in [-0.3, -0.25) is 9.78 Å². The van der Waals surface area contributed by atoms with Gasteiger partial charge in [0, 0.05) is 19.3 Å². The highest BCUT2D eigenvalue weighted by Crippen LogP contribution is 2.35. The summed E-state index contributed by atoms with van der Waals surface area (Å²) in [6.45, 7) is 4.12. The summed E-state index contributed by atoms with van der Waals surface area (Å²) in [5, 5.41) is 13.2. The lowest BCUT2D eigenvalue weighted by Crippen LogP contribution is -2.42. The lowest BCUT2D eigenvalue weighted by atomic mass is 9.92. The third-order valence-electron chi connectivity index (χ3n) is 4.80. The van der Waals surface area contributed by atoms with Crippen molar-refractivity contribution >= 4 is 22.4 Å². The first-order valence-electron chi connectivity index (χ1n) is 8.57. The van der Waals surface area contributed by atoms with Crippen LogP contribution in [-0.4, -0.2) is 46.4 Å². The topological polar surface area (TPSA) is 80.2 Å². The van der Waals surface area contributed by atoms with Gasteiger partial charge in [0.25, 0.3) is 0 Å². The standard InChI is InChI=1S/C17H21N5O2S/c1-11-20-21-17(25-11)22-7-5-12-8-14(24-15(12)10-22)16(23)19-9-13-4-2-3-6-18-13/h2-4,6,12,14-15H,5,7-10H2,1H3,(H,19,23)/t12-,14-,15+/m1/s1. The predicted octanol–water partition coefficient (Wildman–Crippen LogP) is 1.54. The molecule has 8 heteroatoms. The molecule has 2 saturated heterocycles. The molecule has 2 fully saturated rings. The smallest absolute Gasteiger partial charge is 0.249 e. The van der Waals surface area contributed by atoms with E-state index in [1.807, 2.05) is 25.1 Å². The molecule has 1 amide bonds. The van der Waals surface area contributed by atoms with Crippen LogP contribution in [0.2, 0.25) is 0 Å². The van der Waals surface area contributed by atoms with Gasteiger partial charge in [0.2, 0.25) is 11.0 Å². The first-order chi connectivity index (χ1) is 12.2. The van der Waals surface area contributed by atoms with Crippen LogP contribution in [0.5, 0.6) is 0 Å². The van der Waals surface area contributed by atoms with E-state index >= 15 is 0 Å². The molecular formula is C17H21N5O2S. The Hall–Kier alpha value is -2.06. The van der Waals surface area contributed by atoms with Crippen molar-refractivity contribution in [3.8, 4) is 0 Å². The number of anilines is 1. The summed E-state index contributed by atoms with van der Waals surface area (Å²) in [5.74, 6) is 0.397. The Morgan fingerprint density at radius 3 is 3.12 bits per heavy atom. The SMILES string of the molecule is Cc1nnc(N2CC[C@@H]3C[C@H](C(=O)NCc4ccccn4)O[C@H]3C2)s1. The van der Waals surface area contributed by atoms with Crippen molar-refractivity contribution in [1.82, 2.24) is 20.5 Å². The van der Waals surface area contributed by atoms with Crippen molar-refractivity contribution in [1.29, 1.82) is 0 Å². The number of aromatic nitrogens is 3. The molecular weight excluding hydrogens is 338 g/mol. The molecule has 0 unspecified atom stereocenters. The fraction of sp³-hybridized carbons (Fsp3) is 0.529. The number of hydrogen-bond acceptors (Lipinski definition) is 7. The molecule has 0 spiro atoms. The van der Waals surface area contributed by atoms with Crippen LogP contribution in [0.4, 0.5) is 5.13 Å². The molecule has 0 saturated carbocycles. The van der Waals surface area contributed by atoms with Crippen LogP contribution in [0.1, 0.15) is 23.5 Å². The lowest BCUT2D eigenvalue weighted by molar-refractivity contribution is -0.132. The average Bonchev–Trinajstić information content (AvgIpc) is 3.26. The van der Waals surface area contributed by atoms with Crippen LogP contribution < -0.4 is 10.2 Å². The third-order valence-corrected chi connectivity index (χ3v) is 5.70. The zero-order chi connectivity index (χ0) is 17.2. The maximum atomic E-state index is 12.4. The minimum Gasteiger partial charge on any atom is -0.363 e. The van der Waals surface area contributed by atoms with Crippen LogP contribution in [-0.2, 0) is 16.1 Å². The Morgan fingerprint density at radius 1 is 1.44 bits per heavy atom. The van der Waals surface area contributed by atoms with Gasteiger partial charge in [-0.25, -0.2) is 0 Å². The first-order valence-corrected chi connectivity index (χ1v) is 9.39. The van der Waals surface area contributed by atoms with Gasteiger partial charge >= 0.3 is 0 Å². The highest BCUT2D eigenvalue weighted by molar-refractivity contribution is 7.15. The molecule has 0 radical (unpaired) electrons. The summed E-state index contributed by atoms with van der Waals surface area (Å²) in [5.41, 5.74) is 0.851. The Kier molecular flexibility index (Phi) is 4.63. The zero-order valence-corrected chi connectivity index (χ0v) is 14.9. The molecule has 2 aromatic heterocycles. The van der Waals surface area contributed by atoms with Gasteiger partial charge in [-0.05, 0) is 37.8 Å². The van der Waals surface area contributed by atoms with Gasteiger partial charge in [0.05, 0.1) is 18.3 Å². The molecule has 25 heavy (non-hydrogen) atoms. The molecule has 2 aliphatic heterocycles. The van der Waals surface area contributed by atoms with E-state index in [4.69, 9.17) is 4.74 Å². The summed E-state index contributed by atoms with van der Waals surface area (Å²) < 4.78 is 6.06. The van der Waals surface area contributed by atoms with E-state index in [1.165, 1.54) is 0 Å². The number of pyridine rings is 1. The van der Waals surface area contributed by atoms with Gasteiger partial charge in [0.15, 0.2) is 0 Å². The number of nitrogens with one attached hydrogen (secondary N) is 1.